The number of ether oxygens (including phenoxy) is 3. The fraction of sp³-hybridized carbons (Fsp3) is 0.278. The zero-order valence-corrected chi connectivity index (χ0v) is 14.8. The number of carbonyl (C=O) groups excluding carboxylic acids is 1. The average Bonchev–Trinajstić information content (AvgIpc) is 2.60. The fourth-order valence-electron chi connectivity index (χ4n) is 2.43. The van der Waals surface area contributed by atoms with Gasteiger partial charge in [0.1, 0.15) is 17.5 Å². The van der Waals surface area contributed by atoms with Gasteiger partial charge in [0.2, 0.25) is 0 Å². The van der Waals surface area contributed by atoms with Crippen molar-refractivity contribution in [1.82, 2.24) is 0 Å². The van der Waals surface area contributed by atoms with E-state index in [1.54, 1.807) is 14.2 Å². The number of carbonyl (C=O) groups is 1. The minimum Gasteiger partial charge on any atom is -0.496 e. The zero-order valence-electron chi connectivity index (χ0n) is 13.9. The lowest BCUT2D eigenvalue weighted by Gasteiger charge is -2.14. The highest BCUT2D eigenvalue weighted by molar-refractivity contribution is 5.85. The summed E-state index contributed by atoms with van der Waals surface area (Å²) in [4.78, 5) is 11.4. The van der Waals surface area contributed by atoms with E-state index in [0.29, 0.717) is 6.42 Å². The van der Waals surface area contributed by atoms with Gasteiger partial charge in [-0.15, -0.1) is 12.4 Å². The molecule has 2 rings (SSSR count). The number of rotatable bonds is 6. The van der Waals surface area contributed by atoms with E-state index >= 15 is 0 Å². The van der Waals surface area contributed by atoms with E-state index in [4.69, 9.17) is 15.2 Å². The zero-order chi connectivity index (χ0) is 16.8. The lowest BCUT2D eigenvalue weighted by atomic mass is 9.99. The van der Waals surface area contributed by atoms with Gasteiger partial charge in [0, 0.05) is 0 Å². The van der Waals surface area contributed by atoms with Crippen LogP contribution >= 0.6 is 12.4 Å². The Balaban J connectivity index is 0.00000288. The fourth-order valence-corrected chi connectivity index (χ4v) is 2.43. The lowest BCUT2D eigenvalue weighted by Crippen LogP contribution is -2.33. The summed E-state index contributed by atoms with van der Waals surface area (Å²) >= 11 is 0. The van der Waals surface area contributed by atoms with Crippen molar-refractivity contribution < 1.29 is 19.0 Å². The molecule has 0 bridgehead atoms. The molecule has 0 amide bonds. The molecule has 0 aromatic heterocycles. The summed E-state index contributed by atoms with van der Waals surface area (Å²) < 4.78 is 15.5. The van der Waals surface area contributed by atoms with E-state index in [1.165, 1.54) is 7.11 Å². The highest BCUT2D eigenvalue weighted by Crippen LogP contribution is 2.38. The van der Waals surface area contributed by atoms with Crippen molar-refractivity contribution >= 4 is 18.4 Å². The molecule has 0 radical (unpaired) electrons. The summed E-state index contributed by atoms with van der Waals surface area (Å²) in [5.41, 5.74) is 8.60. The number of nitrogens with two attached hydrogens (primary N) is 1. The Bertz CT molecular complexity index is 651. The summed E-state index contributed by atoms with van der Waals surface area (Å²) in [7, 11) is 4.59. The van der Waals surface area contributed by atoms with Gasteiger partial charge in [-0.2, -0.15) is 0 Å². The minimum absolute atomic E-state index is 0. The van der Waals surface area contributed by atoms with Crippen LogP contribution in [0.25, 0.3) is 11.1 Å². The van der Waals surface area contributed by atoms with Crippen molar-refractivity contribution in [3.05, 3.63) is 48.0 Å². The molecule has 6 heteroatoms. The first-order valence-corrected chi connectivity index (χ1v) is 7.24. The van der Waals surface area contributed by atoms with Gasteiger partial charge in [0.15, 0.2) is 0 Å². The van der Waals surface area contributed by atoms with Gasteiger partial charge in [-0.05, 0) is 29.7 Å². The maximum absolute atomic E-state index is 11.4. The lowest BCUT2D eigenvalue weighted by molar-refractivity contribution is -0.142. The third-order valence-electron chi connectivity index (χ3n) is 3.63. The summed E-state index contributed by atoms with van der Waals surface area (Å²) in [5.74, 6) is 1.06. The van der Waals surface area contributed by atoms with Crippen molar-refractivity contribution in [3.8, 4) is 22.6 Å². The topological polar surface area (TPSA) is 70.8 Å². The molecule has 2 aromatic carbocycles. The van der Waals surface area contributed by atoms with Crippen LogP contribution in [0.5, 0.6) is 11.5 Å². The van der Waals surface area contributed by atoms with Gasteiger partial charge in [-0.3, -0.25) is 4.79 Å². The second kappa shape index (κ2) is 9.15. The van der Waals surface area contributed by atoms with Crippen molar-refractivity contribution in [3.63, 3.8) is 0 Å². The SMILES string of the molecule is COC(=O)C(N)Cc1ccc(-c2c(OC)cccc2OC)cc1.Cl. The molecule has 0 heterocycles. The highest BCUT2D eigenvalue weighted by atomic mass is 35.5. The van der Waals surface area contributed by atoms with Crippen LogP contribution in [-0.4, -0.2) is 33.3 Å². The number of halogens is 1. The molecule has 2 N–H and O–H groups in total. The molecule has 5 nitrogen and oxygen atoms in total. The van der Waals surface area contributed by atoms with Gasteiger partial charge >= 0.3 is 5.97 Å². The summed E-state index contributed by atoms with van der Waals surface area (Å²) in [5, 5.41) is 0. The molecule has 0 aliphatic heterocycles. The first-order valence-electron chi connectivity index (χ1n) is 7.24. The van der Waals surface area contributed by atoms with Crippen LogP contribution in [-0.2, 0) is 16.0 Å². The number of benzene rings is 2. The molecule has 24 heavy (non-hydrogen) atoms. The first-order chi connectivity index (χ1) is 11.1. The third kappa shape index (κ3) is 4.40. The number of methoxy groups -OCH3 is 3. The molecular formula is C18H22ClNO4. The van der Waals surface area contributed by atoms with Crippen molar-refractivity contribution in [2.45, 2.75) is 12.5 Å². The van der Waals surface area contributed by atoms with E-state index < -0.39 is 12.0 Å². The Labute approximate surface area is 148 Å². The minimum atomic E-state index is -0.661. The van der Waals surface area contributed by atoms with Crippen LogP contribution in [0.4, 0.5) is 0 Å². The molecule has 0 spiro atoms. The second-order valence-electron chi connectivity index (χ2n) is 5.07. The van der Waals surface area contributed by atoms with Gasteiger partial charge in [0.05, 0.1) is 26.9 Å². The highest BCUT2D eigenvalue weighted by Gasteiger charge is 2.15. The number of esters is 1. The molecule has 2 aromatic rings. The van der Waals surface area contributed by atoms with E-state index in [1.807, 2.05) is 42.5 Å². The maximum Gasteiger partial charge on any atom is 0.322 e. The molecule has 0 aliphatic carbocycles. The third-order valence-corrected chi connectivity index (χ3v) is 3.63. The quantitative estimate of drug-likeness (QED) is 0.810. The maximum atomic E-state index is 11.4. The molecule has 0 fully saturated rings. The monoisotopic (exact) mass is 351 g/mol. The molecule has 0 aliphatic rings. The number of hydrogen-bond acceptors (Lipinski definition) is 5. The van der Waals surface area contributed by atoms with E-state index in [-0.39, 0.29) is 12.4 Å². The summed E-state index contributed by atoms with van der Waals surface area (Å²) in [6.45, 7) is 0. The molecule has 0 saturated carbocycles. The van der Waals surface area contributed by atoms with E-state index in [2.05, 4.69) is 4.74 Å². The van der Waals surface area contributed by atoms with Crippen LogP contribution < -0.4 is 15.2 Å². The Hall–Kier alpha value is -2.24. The molecule has 1 atom stereocenters. The smallest absolute Gasteiger partial charge is 0.322 e. The number of hydrogen-bond donors (Lipinski definition) is 1. The largest absolute Gasteiger partial charge is 0.496 e. The van der Waals surface area contributed by atoms with Crippen LogP contribution in [0.3, 0.4) is 0 Å². The molecule has 130 valence electrons. The Morgan fingerprint density at radius 2 is 1.54 bits per heavy atom. The molecule has 1 unspecified atom stereocenters. The van der Waals surface area contributed by atoms with Crippen molar-refractivity contribution in [1.29, 1.82) is 0 Å². The molecule has 0 saturated heterocycles. The summed E-state index contributed by atoms with van der Waals surface area (Å²) in [6.07, 6.45) is 0.427. The van der Waals surface area contributed by atoms with Crippen molar-refractivity contribution in [2.24, 2.45) is 5.73 Å². The Morgan fingerprint density at radius 1 is 1.00 bits per heavy atom. The van der Waals surface area contributed by atoms with Gasteiger partial charge in [0.25, 0.3) is 0 Å². The first kappa shape index (κ1) is 19.8. The second-order valence-corrected chi connectivity index (χ2v) is 5.07. The van der Waals surface area contributed by atoms with Crippen molar-refractivity contribution in [2.75, 3.05) is 21.3 Å². The molecular weight excluding hydrogens is 330 g/mol. The average molecular weight is 352 g/mol. The normalized spacial score (nSPS) is 11.2. The van der Waals surface area contributed by atoms with E-state index in [9.17, 15) is 4.79 Å². The Morgan fingerprint density at radius 3 is 2.00 bits per heavy atom. The van der Waals surface area contributed by atoms with Gasteiger partial charge in [-0.1, -0.05) is 30.3 Å². The summed E-state index contributed by atoms with van der Waals surface area (Å²) in [6, 6.07) is 12.8. The van der Waals surface area contributed by atoms with Crippen LogP contribution in [0, 0.1) is 0 Å². The van der Waals surface area contributed by atoms with Gasteiger partial charge < -0.3 is 19.9 Å². The van der Waals surface area contributed by atoms with Crippen LogP contribution in [0.15, 0.2) is 42.5 Å². The standard InChI is InChI=1S/C18H21NO4.ClH/c1-21-15-5-4-6-16(22-2)17(15)13-9-7-12(8-10-13)11-14(19)18(20)23-3;/h4-10,14H,11,19H2,1-3H3;1H. The van der Waals surface area contributed by atoms with Gasteiger partial charge in [-0.25, -0.2) is 0 Å². The Kier molecular flexibility index (Phi) is 7.55. The predicted molar refractivity (Wildman–Crippen MR) is 95.9 cm³/mol. The van der Waals surface area contributed by atoms with Crippen LogP contribution in [0.1, 0.15) is 5.56 Å². The van der Waals surface area contributed by atoms with E-state index in [0.717, 1.165) is 28.2 Å². The van der Waals surface area contributed by atoms with Crippen LogP contribution in [0.2, 0.25) is 0 Å². The predicted octanol–water partition coefficient (Wildman–Crippen LogP) is 2.84.